The van der Waals surface area contributed by atoms with Crippen LogP contribution >= 0.6 is 27.5 Å². The topological polar surface area (TPSA) is 29.5 Å². The van der Waals surface area contributed by atoms with Crippen LogP contribution in [0.3, 0.4) is 0 Å². The highest BCUT2D eigenvalue weighted by Crippen LogP contribution is 2.43. The second-order valence-corrected chi connectivity index (χ2v) is 7.33. The van der Waals surface area contributed by atoms with Crippen molar-refractivity contribution in [2.45, 2.75) is 31.9 Å². The molecule has 2 aromatic carbocycles. The van der Waals surface area contributed by atoms with E-state index in [9.17, 15) is 18.0 Å². The third kappa shape index (κ3) is 3.89. The van der Waals surface area contributed by atoms with Crippen LogP contribution in [0.5, 0.6) is 5.75 Å². The lowest BCUT2D eigenvalue weighted by molar-refractivity contribution is -0.274. The molecule has 3 rings (SSSR count). The molecular formula is C18H14BrClF3NO2. The fraction of sp³-hybridized carbons (Fsp3) is 0.278. The Balaban J connectivity index is 1.85. The molecule has 1 heterocycles. The standard InChI is InChI=1S/C18H14BrClF3NO2/c1-10(11-2-4-14(5-3-11)26-18(21,22)23)24-8-12-6-13(19)7-15(20)17(12)16(24)9-25/h2-7,9-10,16H,8H2,1H3. The Morgan fingerprint density at radius 3 is 2.54 bits per heavy atom. The minimum Gasteiger partial charge on any atom is -0.406 e. The van der Waals surface area contributed by atoms with E-state index < -0.39 is 12.4 Å². The number of ether oxygens (including phenoxy) is 1. The zero-order chi connectivity index (χ0) is 19.1. The number of alkyl halides is 3. The Labute approximate surface area is 161 Å². The van der Waals surface area contributed by atoms with Crippen molar-refractivity contribution in [3.8, 4) is 5.75 Å². The second-order valence-electron chi connectivity index (χ2n) is 6.01. The molecule has 1 aliphatic heterocycles. The Bertz CT molecular complexity index is 826. The Kier molecular flexibility index (Phi) is 5.33. The van der Waals surface area contributed by atoms with E-state index in [1.165, 1.54) is 12.1 Å². The number of nitrogens with zero attached hydrogens (tertiary/aromatic N) is 1. The molecule has 8 heteroatoms. The Morgan fingerprint density at radius 2 is 1.96 bits per heavy atom. The summed E-state index contributed by atoms with van der Waals surface area (Å²) in [5.41, 5.74) is 2.49. The maximum absolute atomic E-state index is 12.3. The molecule has 1 aliphatic rings. The van der Waals surface area contributed by atoms with Crippen molar-refractivity contribution in [3.63, 3.8) is 0 Å². The molecular weight excluding hydrogens is 435 g/mol. The van der Waals surface area contributed by atoms with Crippen molar-refractivity contribution in [2.24, 2.45) is 0 Å². The number of hydrogen-bond donors (Lipinski definition) is 0. The van der Waals surface area contributed by atoms with E-state index in [-0.39, 0.29) is 11.8 Å². The number of benzene rings is 2. The van der Waals surface area contributed by atoms with E-state index in [0.717, 1.165) is 27.4 Å². The van der Waals surface area contributed by atoms with Crippen molar-refractivity contribution < 1.29 is 22.7 Å². The molecule has 0 fully saturated rings. The van der Waals surface area contributed by atoms with Crippen LogP contribution in [0.1, 0.15) is 35.7 Å². The van der Waals surface area contributed by atoms with Gasteiger partial charge in [-0.15, -0.1) is 13.2 Å². The number of aldehydes is 1. The number of rotatable bonds is 4. The number of halogens is 5. The fourth-order valence-electron chi connectivity index (χ4n) is 3.22. The van der Waals surface area contributed by atoms with Gasteiger partial charge in [0, 0.05) is 22.1 Å². The zero-order valence-corrected chi connectivity index (χ0v) is 15.9. The molecule has 0 amide bonds. The van der Waals surface area contributed by atoms with Gasteiger partial charge in [-0.25, -0.2) is 0 Å². The first-order valence-corrected chi connectivity index (χ1v) is 8.91. The summed E-state index contributed by atoms with van der Waals surface area (Å²) in [5.74, 6) is -0.280. The number of hydrogen-bond acceptors (Lipinski definition) is 3. The normalized spacial score (nSPS) is 18.5. The molecule has 3 nitrogen and oxygen atoms in total. The van der Waals surface area contributed by atoms with Gasteiger partial charge in [-0.2, -0.15) is 0 Å². The first-order chi connectivity index (χ1) is 12.2. The van der Waals surface area contributed by atoms with Crippen LogP contribution in [0.15, 0.2) is 40.9 Å². The fourth-order valence-corrected chi connectivity index (χ4v) is 4.21. The number of carbonyl (C=O) groups excluding carboxylic acids is 1. The molecule has 26 heavy (non-hydrogen) atoms. The molecule has 138 valence electrons. The van der Waals surface area contributed by atoms with Gasteiger partial charge in [0.25, 0.3) is 0 Å². The summed E-state index contributed by atoms with van der Waals surface area (Å²) >= 11 is 9.70. The third-order valence-electron chi connectivity index (χ3n) is 4.41. The van der Waals surface area contributed by atoms with Gasteiger partial charge in [-0.3, -0.25) is 4.90 Å². The predicted molar refractivity (Wildman–Crippen MR) is 95.0 cm³/mol. The first-order valence-electron chi connectivity index (χ1n) is 7.74. The minimum atomic E-state index is -4.73. The molecule has 2 aromatic rings. The van der Waals surface area contributed by atoms with Crippen LogP contribution in [0, 0.1) is 0 Å². The summed E-state index contributed by atoms with van der Waals surface area (Å²) in [6.07, 6.45) is -3.89. The molecule has 0 radical (unpaired) electrons. The van der Waals surface area contributed by atoms with Crippen molar-refractivity contribution >= 4 is 33.8 Å². The summed E-state index contributed by atoms with van der Waals surface area (Å²) in [6.45, 7) is 2.41. The van der Waals surface area contributed by atoms with Crippen LogP contribution < -0.4 is 4.74 Å². The average molecular weight is 449 g/mol. The SMILES string of the molecule is CC(c1ccc(OC(F)(F)F)cc1)N1Cc2cc(Br)cc(Cl)c2C1C=O. The lowest BCUT2D eigenvalue weighted by atomic mass is 10.0. The van der Waals surface area contributed by atoms with E-state index in [0.29, 0.717) is 11.6 Å². The summed E-state index contributed by atoms with van der Waals surface area (Å²) in [4.78, 5) is 13.7. The predicted octanol–water partition coefficient (Wildman–Crippen LogP) is 5.82. The Hall–Kier alpha value is -1.57. The summed E-state index contributed by atoms with van der Waals surface area (Å²) in [7, 11) is 0. The summed E-state index contributed by atoms with van der Waals surface area (Å²) in [5, 5.41) is 0.509. The largest absolute Gasteiger partial charge is 0.573 e. The number of fused-ring (bicyclic) bond motifs is 1. The van der Waals surface area contributed by atoms with Gasteiger partial charge in [0.15, 0.2) is 0 Å². The first kappa shape index (κ1) is 19.2. The zero-order valence-electron chi connectivity index (χ0n) is 13.6. The molecule has 0 saturated carbocycles. The monoisotopic (exact) mass is 447 g/mol. The van der Waals surface area contributed by atoms with Crippen LogP contribution in [-0.4, -0.2) is 17.5 Å². The molecule has 0 saturated heterocycles. The highest BCUT2D eigenvalue weighted by Gasteiger charge is 2.36. The van der Waals surface area contributed by atoms with Crippen molar-refractivity contribution in [3.05, 3.63) is 62.6 Å². The van der Waals surface area contributed by atoms with Crippen molar-refractivity contribution in [1.82, 2.24) is 4.90 Å². The molecule has 0 aromatic heterocycles. The quantitative estimate of drug-likeness (QED) is 0.552. The molecule has 0 aliphatic carbocycles. The van der Waals surface area contributed by atoms with Gasteiger partial charge in [0.2, 0.25) is 0 Å². The van der Waals surface area contributed by atoms with Crippen LogP contribution in [0.2, 0.25) is 5.02 Å². The van der Waals surface area contributed by atoms with E-state index in [4.69, 9.17) is 11.6 Å². The third-order valence-corrected chi connectivity index (χ3v) is 5.18. The summed E-state index contributed by atoms with van der Waals surface area (Å²) < 4.78 is 41.6. The molecule has 0 N–H and O–H groups in total. The van der Waals surface area contributed by atoms with E-state index >= 15 is 0 Å². The lowest BCUT2D eigenvalue weighted by Crippen LogP contribution is -2.26. The van der Waals surface area contributed by atoms with Gasteiger partial charge in [0.1, 0.15) is 12.0 Å². The lowest BCUT2D eigenvalue weighted by Gasteiger charge is -2.28. The van der Waals surface area contributed by atoms with Gasteiger partial charge >= 0.3 is 6.36 Å². The highest BCUT2D eigenvalue weighted by atomic mass is 79.9. The van der Waals surface area contributed by atoms with E-state index in [2.05, 4.69) is 20.7 Å². The highest BCUT2D eigenvalue weighted by molar-refractivity contribution is 9.10. The van der Waals surface area contributed by atoms with Crippen LogP contribution in [-0.2, 0) is 11.3 Å². The molecule has 0 spiro atoms. The van der Waals surface area contributed by atoms with Gasteiger partial charge in [0.05, 0.1) is 6.04 Å². The van der Waals surface area contributed by atoms with Crippen LogP contribution in [0.25, 0.3) is 0 Å². The second kappa shape index (κ2) is 7.21. The Morgan fingerprint density at radius 1 is 1.31 bits per heavy atom. The van der Waals surface area contributed by atoms with Gasteiger partial charge in [-0.05, 0) is 47.9 Å². The smallest absolute Gasteiger partial charge is 0.406 e. The van der Waals surface area contributed by atoms with Crippen molar-refractivity contribution in [2.75, 3.05) is 0 Å². The number of carbonyl (C=O) groups is 1. The van der Waals surface area contributed by atoms with E-state index in [1.54, 1.807) is 18.2 Å². The van der Waals surface area contributed by atoms with Crippen LogP contribution in [0.4, 0.5) is 13.2 Å². The molecule has 2 unspecified atom stereocenters. The minimum absolute atomic E-state index is 0.202. The molecule has 0 bridgehead atoms. The van der Waals surface area contributed by atoms with E-state index in [1.807, 2.05) is 17.9 Å². The van der Waals surface area contributed by atoms with Crippen molar-refractivity contribution in [1.29, 1.82) is 0 Å². The molecule has 2 atom stereocenters. The average Bonchev–Trinajstić information content (AvgIpc) is 2.92. The van der Waals surface area contributed by atoms with Gasteiger partial charge < -0.3 is 9.53 Å². The maximum Gasteiger partial charge on any atom is 0.573 e. The maximum atomic E-state index is 12.3. The van der Waals surface area contributed by atoms with Gasteiger partial charge in [-0.1, -0.05) is 39.7 Å². The summed E-state index contributed by atoms with van der Waals surface area (Å²) in [6, 6.07) is 8.62.